The minimum Gasteiger partial charge on any atom is -0.394 e. The fourth-order valence-corrected chi connectivity index (χ4v) is 1.78. The molecule has 94 valence electrons. The molecule has 0 aromatic carbocycles. The van der Waals surface area contributed by atoms with Gasteiger partial charge in [-0.2, -0.15) is 0 Å². The molecule has 1 fully saturated rings. The fraction of sp³-hybridized carbons (Fsp3) is 0.909. The van der Waals surface area contributed by atoms with Crippen LogP contribution in [0.15, 0.2) is 0 Å². The Morgan fingerprint density at radius 2 is 2.06 bits per heavy atom. The molecular formula is C11H21NO4. The summed E-state index contributed by atoms with van der Waals surface area (Å²) in [6, 6.07) is 0. The summed E-state index contributed by atoms with van der Waals surface area (Å²) in [7, 11) is 0. The Morgan fingerprint density at radius 3 is 2.44 bits per heavy atom. The molecule has 3 N–H and O–H groups in total. The molecule has 0 aromatic rings. The summed E-state index contributed by atoms with van der Waals surface area (Å²) >= 11 is 0. The lowest BCUT2D eigenvalue weighted by molar-refractivity contribution is -0.135. The first-order valence-corrected chi connectivity index (χ1v) is 5.76. The molecule has 5 heteroatoms. The van der Waals surface area contributed by atoms with Gasteiger partial charge in [0, 0.05) is 0 Å². The molecule has 0 radical (unpaired) electrons. The highest BCUT2D eigenvalue weighted by Crippen LogP contribution is 2.20. The van der Waals surface area contributed by atoms with Crippen LogP contribution in [-0.2, 0) is 9.53 Å². The molecule has 1 saturated heterocycles. The maximum absolute atomic E-state index is 11.8. The van der Waals surface area contributed by atoms with Gasteiger partial charge in [-0.3, -0.25) is 4.79 Å². The van der Waals surface area contributed by atoms with Crippen molar-refractivity contribution in [1.82, 2.24) is 5.32 Å². The molecule has 1 rings (SSSR count). The van der Waals surface area contributed by atoms with E-state index in [4.69, 9.17) is 4.74 Å². The number of hydrogen-bond acceptors (Lipinski definition) is 4. The third-order valence-electron chi connectivity index (χ3n) is 3.19. The van der Waals surface area contributed by atoms with Gasteiger partial charge >= 0.3 is 0 Å². The van der Waals surface area contributed by atoms with E-state index in [1.165, 1.54) is 0 Å². The predicted molar refractivity (Wildman–Crippen MR) is 58.9 cm³/mol. The van der Waals surface area contributed by atoms with Gasteiger partial charge in [0.15, 0.2) is 0 Å². The molecule has 1 aliphatic heterocycles. The normalized spacial score (nSPS) is 25.8. The second kappa shape index (κ2) is 5.61. The number of carbonyl (C=O) groups is 1. The van der Waals surface area contributed by atoms with E-state index in [-0.39, 0.29) is 25.2 Å². The molecule has 5 nitrogen and oxygen atoms in total. The standard InChI is InChI=1S/C11H21NO4/c1-3-11(6-13,7-14)12-10(15)9-5-4-8(2)16-9/h8-9,13-14H,3-7H2,1-2H3,(H,12,15). The van der Waals surface area contributed by atoms with Gasteiger partial charge in [-0.15, -0.1) is 0 Å². The van der Waals surface area contributed by atoms with Crippen LogP contribution in [0.25, 0.3) is 0 Å². The SMILES string of the molecule is CCC(CO)(CO)NC(=O)C1CCC(C)O1. The molecule has 2 atom stereocenters. The summed E-state index contributed by atoms with van der Waals surface area (Å²) < 4.78 is 5.43. The Labute approximate surface area is 95.8 Å². The Kier molecular flexibility index (Phi) is 4.70. The Bertz CT molecular complexity index is 232. The lowest BCUT2D eigenvalue weighted by atomic mass is 9.98. The van der Waals surface area contributed by atoms with Gasteiger partial charge in [0.25, 0.3) is 0 Å². The average molecular weight is 231 g/mol. The van der Waals surface area contributed by atoms with Crippen molar-refractivity contribution >= 4 is 5.91 Å². The van der Waals surface area contributed by atoms with Crippen LogP contribution in [-0.4, -0.2) is 47.1 Å². The zero-order chi connectivity index (χ0) is 12.2. The van der Waals surface area contributed by atoms with Gasteiger partial charge in [0.2, 0.25) is 5.91 Å². The summed E-state index contributed by atoms with van der Waals surface area (Å²) in [5.74, 6) is -0.241. The summed E-state index contributed by atoms with van der Waals surface area (Å²) in [5, 5.41) is 21.1. The van der Waals surface area contributed by atoms with Crippen LogP contribution >= 0.6 is 0 Å². The number of ether oxygens (including phenoxy) is 1. The van der Waals surface area contributed by atoms with E-state index in [1.54, 1.807) is 0 Å². The minimum absolute atomic E-state index is 0.107. The summed E-state index contributed by atoms with van der Waals surface area (Å²) in [5.41, 5.74) is -0.924. The number of nitrogens with one attached hydrogen (secondary N) is 1. The van der Waals surface area contributed by atoms with Crippen LogP contribution < -0.4 is 5.32 Å². The predicted octanol–water partition coefficient (Wildman–Crippen LogP) is -0.196. The van der Waals surface area contributed by atoms with Crippen LogP contribution in [0.5, 0.6) is 0 Å². The van der Waals surface area contributed by atoms with E-state index in [9.17, 15) is 15.0 Å². The Hall–Kier alpha value is -0.650. The van der Waals surface area contributed by atoms with E-state index in [2.05, 4.69) is 5.32 Å². The van der Waals surface area contributed by atoms with E-state index in [0.29, 0.717) is 12.8 Å². The Morgan fingerprint density at radius 1 is 1.44 bits per heavy atom. The van der Waals surface area contributed by atoms with E-state index in [1.807, 2.05) is 13.8 Å². The molecule has 1 amide bonds. The van der Waals surface area contributed by atoms with E-state index < -0.39 is 11.6 Å². The number of aliphatic hydroxyl groups excluding tert-OH is 2. The molecule has 16 heavy (non-hydrogen) atoms. The molecule has 0 bridgehead atoms. The van der Waals surface area contributed by atoms with Gasteiger partial charge in [0.05, 0.1) is 24.9 Å². The molecule has 0 aromatic heterocycles. The van der Waals surface area contributed by atoms with Crippen molar-refractivity contribution in [3.8, 4) is 0 Å². The summed E-state index contributed by atoms with van der Waals surface area (Å²) in [6.07, 6.45) is 1.71. The highest BCUT2D eigenvalue weighted by molar-refractivity contribution is 5.81. The molecule has 1 aliphatic rings. The molecule has 0 spiro atoms. The highest BCUT2D eigenvalue weighted by atomic mass is 16.5. The van der Waals surface area contributed by atoms with Crippen molar-refractivity contribution in [2.45, 2.75) is 50.9 Å². The van der Waals surface area contributed by atoms with Crippen molar-refractivity contribution in [3.63, 3.8) is 0 Å². The maximum atomic E-state index is 11.8. The molecular weight excluding hydrogens is 210 g/mol. The van der Waals surface area contributed by atoms with Gasteiger partial charge in [-0.1, -0.05) is 6.92 Å². The zero-order valence-corrected chi connectivity index (χ0v) is 9.90. The van der Waals surface area contributed by atoms with Crippen molar-refractivity contribution in [3.05, 3.63) is 0 Å². The van der Waals surface area contributed by atoms with Crippen molar-refractivity contribution in [1.29, 1.82) is 0 Å². The van der Waals surface area contributed by atoms with Crippen LogP contribution in [0.3, 0.4) is 0 Å². The topological polar surface area (TPSA) is 78.8 Å². The first kappa shape index (κ1) is 13.4. The largest absolute Gasteiger partial charge is 0.394 e. The first-order chi connectivity index (χ1) is 7.56. The maximum Gasteiger partial charge on any atom is 0.249 e. The second-order valence-corrected chi connectivity index (χ2v) is 4.45. The Balaban J connectivity index is 2.55. The number of rotatable bonds is 5. The van der Waals surface area contributed by atoms with Gasteiger partial charge < -0.3 is 20.3 Å². The van der Waals surface area contributed by atoms with Crippen molar-refractivity contribution < 1.29 is 19.7 Å². The molecule has 1 heterocycles. The smallest absolute Gasteiger partial charge is 0.249 e. The average Bonchev–Trinajstić information content (AvgIpc) is 2.73. The quantitative estimate of drug-likeness (QED) is 0.612. The number of carbonyl (C=O) groups excluding carboxylic acids is 1. The van der Waals surface area contributed by atoms with Crippen LogP contribution in [0.1, 0.15) is 33.1 Å². The number of aliphatic hydroxyl groups is 2. The van der Waals surface area contributed by atoms with Gasteiger partial charge in [-0.25, -0.2) is 0 Å². The third kappa shape index (κ3) is 2.93. The second-order valence-electron chi connectivity index (χ2n) is 4.45. The number of amides is 1. The van der Waals surface area contributed by atoms with Crippen molar-refractivity contribution in [2.24, 2.45) is 0 Å². The monoisotopic (exact) mass is 231 g/mol. The van der Waals surface area contributed by atoms with Gasteiger partial charge in [-0.05, 0) is 26.2 Å². The van der Waals surface area contributed by atoms with E-state index >= 15 is 0 Å². The van der Waals surface area contributed by atoms with Crippen LogP contribution in [0.4, 0.5) is 0 Å². The zero-order valence-electron chi connectivity index (χ0n) is 9.90. The van der Waals surface area contributed by atoms with Crippen LogP contribution in [0.2, 0.25) is 0 Å². The summed E-state index contributed by atoms with van der Waals surface area (Å²) in [4.78, 5) is 11.8. The minimum atomic E-state index is -0.924. The lowest BCUT2D eigenvalue weighted by Gasteiger charge is -2.30. The van der Waals surface area contributed by atoms with E-state index in [0.717, 1.165) is 6.42 Å². The summed E-state index contributed by atoms with van der Waals surface area (Å²) in [6.45, 7) is 3.20. The third-order valence-corrected chi connectivity index (χ3v) is 3.19. The molecule has 2 unspecified atom stereocenters. The highest BCUT2D eigenvalue weighted by Gasteiger charge is 2.34. The number of hydrogen-bond donors (Lipinski definition) is 3. The molecule has 0 saturated carbocycles. The van der Waals surface area contributed by atoms with Crippen LogP contribution in [0, 0.1) is 0 Å². The first-order valence-electron chi connectivity index (χ1n) is 5.76. The fourth-order valence-electron chi connectivity index (χ4n) is 1.78. The molecule has 0 aliphatic carbocycles. The van der Waals surface area contributed by atoms with Crippen molar-refractivity contribution in [2.75, 3.05) is 13.2 Å². The van der Waals surface area contributed by atoms with Gasteiger partial charge in [0.1, 0.15) is 6.10 Å². The lowest BCUT2D eigenvalue weighted by Crippen LogP contribution is -2.56.